The Kier molecular flexibility index (Phi) is 4.15. The Balaban J connectivity index is 1.94. The van der Waals surface area contributed by atoms with E-state index in [-0.39, 0.29) is 0 Å². The molecule has 0 aliphatic carbocycles. The first-order valence-electron chi connectivity index (χ1n) is 6.20. The number of primary amides is 1. The summed E-state index contributed by atoms with van der Waals surface area (Å²) in [5, 5.41) is 0. The summed E-state index contributed by atoms with van der Waals surface area (Å²) < 4.78 is 5.10. The summed E-state index contributed by atoms with van der Waals surface area (Å²) in [6.45, 7) is 2.83. The van der Waals surface area contributed by atoms with Gasteiger partial charge in [-0.05, 0) is 30.9 Å². The monoisotopic (exact) mass is 249 g/mol. The maximum Gasteiger partial charge on any atom is 0.250 e. The van der Waals surface area contributed by atoms with Crippen molar-refractivity contribution in [2.45, 2.75) is 12.8 Å². The van der Waals surface area contributed by atoms with Crippen molar-refractivity contribution in [1.29, 1.82) is 0 Å². The van der Waals surface area contributed by atoms with Crippen LogP contribution in [0.5, 0.6) is 0 Å². The van der Waals surface area contributed by atoms with Gasteiger partial charge >= 0.3 is 0 Å². The van der Waals surface area contributed by atoms with Crippen LogP contribution in [0.15, 0.2) is 18.3 Å². The van der Waals surface area contributed by atoms with Gasteiger partial charge in [0.05, 0.1) is 5.56 Å². The summed E-state index contributed by atoms with van der Waals surface area (Å²) in [4.78, 5) is 17.5. The van der Waals surface area contributed by atoms with E-state index in [2.05, 4.69) is 9.88 Å². The van der Waals surface area contributed by atoms with E-state index in [1.165, 1.54) is 6.42 Å². The highest BCUT2D eigenvalue weighted by Crippen LogP contribution is 2.24. The molecule has 1 unspecified atom stereocenters. The molecule has 1 fully saturated rings. The molecule has 1 aromatic rings. The van der Waals surface area contributed by atoms with Gasteiger partial charge in [0.1, 0.15) is 5.82 Å². The second-order valence-corrected chi connectivity index (χ2v) is 4.65. The van der Waals surface area contributed by atoms with Gasteiger partial charge in [0.2, 0.25) is 5.91 Å². The van der Waals surface area contributed by atoms with Crippen LogP contribution in [0.2, 0.25) is 0 Å². The van der Waals surface area contributed by atoms with Crippen LogP contribution in [0.3, 0.4) is 0 Å². The van der Waals surface area contributed by atoms with Crippen LogP contribution >= 0.6 is 0 Å². The van der Waals surface area contributed by atoms with E-state index in [4.69, 9.17) is 10.5 Å². The topological polar surface area (TPSA) is 68.5 Å². The van der Waals surface area contributed by atoms with Gasteiger partial charge in [-0.25, -0.2) is 4.98 Å². The molecule has 2 heterocycles. The molecule has 1 atom stereocenters. The molecule has 18 heavy (non-hydrogen) atoms. The van der Waals surface area contributed by atoms with Crippen LogP contribution in [-0.2, 0) is 4.74 Å². The van der Waals surface area contributed by atoms with Crippen molar-refractivity contribution in [1.82, 2.24) is 4.98 Å². The third-order valence-electron chi connectivity index (χ3n) is 3.37. The average molecular weight is 249 g/mol. The number of methoxy groups -OCH3 is 1. The van der Waals surface area contributed by atoms with Crippen LogP contribution in [-0.4, -0.2) is 37.7 Å². The number of amides is 1. The van der Waals surface area contributed by atoms with E-state index in [0.717, 1.165) is 31.9 Å². The Hall–Kier alpha value is -1.62. The minimum atomic E-state index is -0.437. The Labute approximate surface area is 107 Å². The third kappa shape index (κ3) is 2.98. The number of aromatic nitrogens is 1. The lowest BCUT2D eigenvalue weighted by molar-refractivity contribution is 0.1000. The molecule has 1 saturated heterocycles. The van der Waals surface area contributed by atoms with Crippen LogP contribution in [0.25, 0.3) is 0 Å². The first-order valence-corrected chi connectivity index (χ1v) is 6.20. The number of anilines is 1. The number of nitrogens with zero attached hydrogens (tertiary/aromatic N) is 2. The Bertz CT molecular complexity index is 405. The summed E-state index contributed by atoms with van der Waals surface area (Å²) in [6, 6.07) is 3.59. The largest absolute Gasteiger partial charge is 0.385 e. The number of ether oxygens (including phenoxy) is 1. The Morgan fingerprint density at radius 2 is 2.44 bits per heavy atom. The summed E-state index contributed by atoms with van der Waals surface area (Å²) in [7, 11) is 1.73. The van der Waals surface area contributed by atoms with Gasteiger partial charge in [0.15, 0.2) is 0 Å². The molecule has 2 rings (SSSR count). The molecular formula is C13H19N3O2. The fourth-order valence-electron chi connectivity index (χ4n) is 2.28. The molecule has 0 spiro atoms. The predicted octanol–water partition coefficient (Wildman–Crippen LogP) is 1.04. The molecule has 0 radical (unpaired) electrons. The SMILES string of the molecule is COCCC1CCN(c2ccc(C(N)=O)cn2)C1. The van der Waals surface area contributed by atoms with Gasteiger partial charge in [0.25, 0.3) is 0 Å². The van der Waals surface area contributed by atoms with E-state index in [9.17, 15) is 4.79 Å². The molecule has 1 aromatic heterocycles. The van der Waals surface area contributed by atoms with E-state index >= 15 is 0 Å². The number of carbonyl (C=O) groups is 1. The van der Waals surface area contributed by atoms with Crippen LogP contribution in [0, 0.1) is 5.92 Å². The summed E-state index contributed by atoms with van der Waals surface area (Å²) in [6.07, 6.45) is 3.80. The maximum absolute atomic E-state index is 11.0. The van der Waals surface area contributed by atoms with Gasteiger partial charge in [-0.2, -0.15) is 0 Å². The fourth-order valence-corrected chi connectivity index (χ4v) is 2.28. The van der Waals surface area contributed by atoms with Gasteiger partial charge < -0.3 is 15.4 Å². The summed E-state index contributed by atoms with van der Waals surface area (Å²) in [5.74, 6) is 1.15. The first-order chi connectivity index (χ1) is 8.70. The number of nitrogens with two attached hydrogens (primary N) is 1. The highest BCUT2D eigenvalue weighted by atomic mass is 16.5. The van der Waals surface area contributed by atoms with Gasteiger partial charge in [-0.3, -0.25) is 4.79 Å². The quantitative estimate of drug-likeness (QED) is 0.846. The van der Waals surface area contributed by atoms with Crippen molar-refractivity contribution >= 4 is 11.7 Å². The fraction of sp³-hybridized carbons (Fsp3) is 0.538. The minimum absolute atomic E-state index is 0.437. The lowest BCUT2D eigenvalue weighted by Crippen LogP contribution is -2.21. The molecule has 5 nitrogen and oxygen atoms in total. The number of carbonyl (C=O) groups excluding carboxylic acids is 1. The lowest BCUT2D eigenvalue weighted by Gasteiger charge is -2.17. The molecule has 0 aromatic carbocycles. The molecule has 98 valence electrons. The smallest absolute Gasteiger partial charge is 0.250 e. The van der Waals surface area contributed by atoms with Crippen molar-refractivity contribution in [2.75, 3.05) is 31.7 Å². The predicted molar refractivity (Wildman–Crippen MR) is 69.6 cm³/mol. The molecule has 1 amide bonds. The maximum atomic E-state index is 11.0. The van der Waals surface area contributed by atoms with Crippen molar-refractivity contribution in [2.24, 2.45) is 11.7 Å². The molecule has 0 bridgehead atoms. The normalized spacial score (nSPS) is 19.2. The van der Waals surface area contributed by atoms with E-state index in [1.54, 1.807) is 19.4 Å². The van der Waals surface area contributed by atoms with Gasteiger partial charge in [0, 0.05) is 33.0 Å². The number of rotatable bonds is 5. The zero-order chi connectivity index (χ0) is 13.0. The van der Waals surface area contributed by atoms with E-state index in [1.807, 2.05) is 6.07 Å². The Morgan fingerprint density at radius 1 is 1.61 bits per heavy atom. The van der Waals surface area contributed by atoms with Crippen LogP contribution < -0.4 is 10.6 Å². The van der Waals surface area contributed by atoms with Crippen molar-refractivity contribution < 1.29 is 9.53 Å². The second kappa shape index (κ2) is 5.82. The summed E-state index contributed by atoms with van der Waals surface area (Å²) >= 11 is 0. The zero-order valence-electron chi connectivity index (χ0n) is 10.6. The first kappa shape index (κ1) is 12.8. The molecule has 0 saturated carbocycles. The van der Waals surface area contributed by atoms with Crippen LogP contribution in [0.4, 0.5) is 5.82 Å². The highest BCUT2D eigenvalue weighted by molar-refractivity contribution is 5.92. The number of hydrogen-bond donors (Lipinski definition) is 1. The average Bonchev–Trinajstić information content (AvgIpc) is 2.85. The van der Waals surface area contributed by atoms with Crippen molar-refractivity contribution in [3.8, 4) is 0 Å². The van der Waals surface area contributed by atoms with Crippen molar-refractivity contribution in [3.05, 3.63) is 23.9 Å². The van der Waals surface area contributed by atoms with E-state index in [0.29, 0.717) is 11.5 Å². The van der Waals surface area contributed by atoms with Crippen molar-refractivity contribution in [3.63, 3.8) is 0 Å². The Morgan fingerprint density at radius 3 is 3.06 bits per heavy atom. The van der Waals surface area contributed by atoms with Gasteiger partial charge in [-0.15, -0.1) is 0 Å². The lowest BCUT2D eigenvalue weighted by atomic mass is 10.1. The third-order valence-corrected chi connectivity index (χ3v) is 3.37. The second-order valence-electron chi connectivity index (χ2n) is 4.65. The molecule has 2 N–H and O–H groups in total. The standard InChI is InChI=1S/C13H19N3O2/c1-18-7-5-10-4-6-16(9-10)12-3-2-11(8-15-12)13(14)17/h2-3,8,10H,4-7,9H2,1H3,(H2,14,17). The zero-order valence-corrected chi connectivity index (χ0v) is 10.6. The van der Waals surface area contributed by atoms with E-state index < -0.39 is 5.91 Å². The molecule has 1 aliphatic heterocycles. The number of pyridine rings is 1. The molecule has 5 heteroatoms. The minimum Gasteiger partial charge on any atom is -0.385 e. The summed E-state index contributed by atoms with van der Waals surface area (Å²) in [5.41, 5.74) is 5.64. The van der Waals surface area contributed by atoms with Gasteiger partial charge in [-0.1, -0.05) is 0 Å². The number of hydrogen-bond acceptors (Lipinski definition) is 4. The van der Waals surface area contributed by atoms with Crippen LogP contribution in [0.1, 0.15) is 23.2 Å². The highest BCUT2D eigenvalue weighted by Gasteiger charge is 2.23. The molecule has 1 aliphatic rings. The molecular weight excluding hydrogens is 230 g/mol.